The highest BCUT2D eigenvalue weighted by atomic mass is 15.2. The molecule has 13 heavy (non-hydrogen) atoms. The van der Waals surface area contributed by atoms with E-state index in [4.69, 9.17) is 0 Å². The first-order chi connectivity index (χ1) is 6.15. The number of rotatable bonds is 1. The van der Waals surface area contributed by atoms with Gasteiger partial charge < -0.3 is 5.32 Å². The van der Waals surface area contributed by atoms with Crippen LogP contribution >= 0.6 is 0 Å². The molecule has 0 aromatic heterocycles. The van der Waals surface area contributed by atoms with Gasteiger partial charge in [-0.3, -0.25) is 4.90 Å². The van der Waals surface area contributed by atoms with Gasteiger partial charge in [0.05, 0.1) is 0 Å². The summed E-state index contributed by atoms with van der Waals surface area (Å²) in [6, 6.07) is 1.40. The molecule has 2 unspecified atom stereocenters. The van der Waals surface area contributed by atoms with Gasteiger partial charge in [0.2, 0.25) is 0 Å². The first-order valence-electron chi connectivity index (χ1n) is 5.63. The van der Waals surface area contributed by atoms with Gasteiger partial charge in [0.25, 0.3) is 0 Å². The SMILES string of the molecule is CCC.CCN1CC(C)NCC1C. The molecule has 0 radical (unpaired) electrons. The van der Waals surface area contributed by atoms with E-state index in [9.17, 15) is 0 Å². The third kappa shape index (κ3) is 5.27. The quantitative estimate of drug-likeness (QED) is 0.674. The van der Waals surface area contributed by atoms with Crippen molar-refractivity contribution in [1.29, 1.82) is 0 Å². The molecular weight excluding hydrogens is 160 g/mol. The normalized spacial score (nSPS) is 29.3. The summed E-state index contributed by atoms with van der Waals surface area (Å²) in [5.41, 5.74) is 0. The van der Waals surface area contributed by atoms with E-state index < -0.39 is 0 Å². The maximum Gasteiger partial charge on any atom is 0.0193 e. The minimum atomic E-state index is 0.677. The molecule has 1 N–H and O–H groups in total. The lowest BCUT2D eigenvalue weighted by Crippen LogP contribution is -2.53. The number of nitrogens with zero attached hydrogens (tertiary/aromatic N) is 1. The maximum atomic E-state index is 3.45. The molecular formula is C11H26N2. The van der Waals surface area contributed by atoms with Crippen molar-refractivity contribution < 1.29 is 0 Å². The van der Waals surface area contributed by atoms with E-state index in [0.717, 1.165) is 12.6 Å². The smallest absolute Gasteiger partial charge is 0.0193 e. The zero-order chi connectivity index (χ0) is 10.3. The molecule has 1 rings (SSSR count). The summed E-state index contributed by atoms with van der Waals surface area (Å²) >= 11 is 0. The fourth-order valence-electron chi connectivity index (χ4n) is 1.54. The minimum Gasteiger partial charge on any atom is -0.311 e. The molecule has 2 atom stereocenters. The number of hydrogen-bond acceptors (Lipinski definition) is 2. The van der Waals surface area contributed by atoms with Gasteiger partial charge in [0, 0.05) is 25.2 Å². The molecule has 1 saturated heterocycles. The Morgan fingerprint density at radius 1 is 1.23 bits per heavy atom. The van der Waals surface area contributed by atoms with E-state index >= 15 is 0 Å². The predicted octanol–water partition coefficient (Wildman–Crippen LogP) is 2.10. The van der Waals surface area contributed by atoms with Crippen molar-refractivity contribution in [2.24, 2.45) is 0 Å². The van der Waals surface area contributed by atoms with Gasteiger partial charge in [-0.1, -0.05) is 27.2 Å². The molecule has 0 saturated carbocycles. The molecule has 1 aliphatic heterocycles. The van der Waals surface area contributed by atoms with E-state index in [0.29, 0.717) is 6.04 Å². The minimum absolute atomic E-state index is 0.677. The van der Waals surface area contributed by atoms with Crippen LogP contribution < -0.4 is 5.32 Å². The van der Waals surface area contributed by atoms with E-state index in [1.54, 1.807) is 0 Å². The maximum absolute atomic E-state index is 3.45. The van der Waals surface area contributed by atoms with Crippen LogP contribution in [0, 0.1) is 0 Å². The molecule has 1 heterocycles. The average Bonchev–Trinajstić information content (AvgIpc) is 2.10. The molecule has 2 heteroatoms. The van der Waals surface area contributed by atoms with Gasteiger partial charge in [0.1, 0.15) is 0 Å². The van der Waals surface area contributed by atoms with Crippen molar-refractivity contribution in [2.45, 2.75) is 53.1 Å². The Balaban J connectivity index is 0.000000424. The summed E-state index contributed by atoms with van der Waals surface area (Å²) in [6.07, 6.45) is 1.25. The lowest BCUT2D eigenvalue weighted by molar-refractivity contribution is 0.154. The molecule has 0 bridgehead atoms. The fraction of sp³-hybridized carbons (Fsp3) is 1.00. The van der Waals surface area contributed by atoms with Crippen LogP contribution in [0.3, 0.4) is 0 Å². The first kappa shape index (κ1) is 12.9. The Labute approximate surface area is 83.7 Å². The van der Waals surface area contributed by atoms with Crippen LogP contribution in [0.25, 0.3) is 0 Å². The van der Waals surface area contributed by atoms with Crippen molar-refractivity contribution >= 4 is 0 Å². The number of nitrogens with one attached hydrogen (secondary N) is 1. The van der Waals surface area contributed by atoms with Crippen LogP contribution in [0.5, 0.6) is 0 Å². The topological polar surface area (TPSA) is 15.3 Å². The summed E-state index contributed by atoms with van der Waals surface area (Å²) in [7, 11) is 0. The Bertz CT molecular complexity index is 115. The first-order valence-corrected chi connectivity index (χ1v) is 5.63. The lowest BCUT2D eigenvalue weighted by atomic mass is 10.1. The molecule has 0 amide bonds. The van der Waals surface area contributed by atoms with Gasteiger partial charge in [0.15, 0.2) is 0 Å². The zero-order valence-corrected chi connectivity index (χ0v) is 9.93. The van der Waals surface area contributed by atoms with Crippen LogP contribution in [-0.4, -0.2) is 36.6 Å². The third-order valence-electron chi connectivity index (χ3n) is 2.30. The van der Waals surface area contributed by atoms with Crippen molar-refractivity contribution in [2.75, 3.05) is 19.6 Å². The van der Waals surface area contributed by atoms with Crippen molar-refractivity contribution in [3.63, 3.8) is 0 Å². The van der Waals surface area contributed by atoms with Gasteiger partial charge >= 0.3 is 0 Å². The summed E-state index contributed by atoms with van der Waals surface area (Å²) < 4.78 is 0. The summed E-state index contributed by atoms with van der Waals surface area (Å²) in [4.78, 5) is 2.52. The molecule has 1 fully saturated rings. The summed E-state index contributed by atoms with van der Waals surface area (Å²) in [5.74, 6) is 0. The second kappa shape index (κ2) is 7.34. The molecule has 80 valence electrons. The van der Waals surface area contributed by atoms with Gasteiger partial charge in [-0.25, -0.2) is 0 Å². The van der Waals surface area contributed by atoms with Crippen LogP contribution in [-0.2, 0) is 0 Å². The molecule has 0 aromatic rings. The Hall–Kier alpha value is -0.0800. The third-order valence-corrected chi connectivity index (χ3v) is 2.30. The van der Waals surface area contributed by atoms with Gasteiger partial charge in [-0.15, -0.1) is 0 Å². The summed E-state index contributed by atoms with van der Waals surface area (Å²) in [5, 5.41) is 3.45. The molecule has 0 aromatic carbocycles. The highest BCUT2D eigenvalue weighted by molar-refractivity contribution is 4.79. The molecule has 2 nitrogen and oxygen atoms in total. The number of likely N-dealkylation sites (N-methyl/N-ethyl adjacent to an activating group) is 1. The lowest BCUT2D eigenvalue weighted by Gasteiger charge is -2.36. The standard InChI is InChI=1S/C8H18N2.C3H8/c1-4-10-6-7(2)9-5-8(10)3;1-3-2/h7-9H,4-6H2,1-3H3;3H2,1-2H3. The zero-order valence-electron chi connectivity index (χ0n) is 9.93. The predicted molar refractivity (Wildman–Crippen MR) is 60.1 cm³/mol. The fourth-order valence-corrected chi connectivity index (χ4v) is 1.54. The van der Waals surface area contributed by atoms with Crippen LogP contribution in [0.4, 0.5) is 0 Å². The number of piperazine rings is 1. The number of hydrogen-bond donors (Lipinski definition) is 1. The van der Waals surface area contributed by atoms with Crippen LogP contribution in [0.1, 0.15) is 41.0 Å². The van der Waals surface area contributed by atoms with E-state index in [1.807, 2.05) is 0 Å². The Morgan fingerprint density at radius 3 is 2.15 bits per heavy atom. The largest absolute Gasteiger partial charge is 0.311 e. The van der Waals surface area contributed by atoms with Gasteiger partial charge in [-0.05, 0) is 20.4 Å². The molecule has 0 aliphatic carbocycles. The van der Waals surface area contributed by atoms with Gasteiger partial charge in [-0.2, -0.15) is 0 Å². The highest BCUT2D eigenvalue weighted by Crippen LogP contribution is 2.04. The second-order valence-corrected chi connectivity index (χ2v) is 3.95. The van der Waals surface area contributed by atoms with E-state index in [2.05, 4.69) is 44.8 Å². The Morgan fingerprint density at radius 2 is 1.77 bits per heavy atom. The van der Waals surface area contributed by atoms with Crippen molar-refractivity contribution in [3.05, 3.63) is 0 Å². The van der Waals surface area contributed by atoms with Crippen molar-refractivity contribution in [3.8, 4) is 0 Å². The highest BCUT2D eigenvalue weighted by Gasteiger charge is 2.19. The van der Waals surface area contributed by atoms with Crippen LogP contribution in [0.2, 0.25) is 0 Å². The Kier molecular flexibility index (Phi) is 7.29. The van der Waals surface area contributed by atoms with Crippen molar-refractivity contribution in [1.82, 2.24) is 10.2 Å². The monoisotopic (exact) mass is 186 g/mol. The summed E-state index contributed by atoms with van der Waals surface area (Å²) in [6.45, 7) is 14.5. The second-order valence-electron chi connectivity index (χ2n) is 3.95. The average molecular weight is 186 g/mol. The van der Waals surface area contributed by atoms with E-state index in [1.165, 1.54) is 19.5 Å². The van der Waals surface area contributed by atoms with E-state index in [-0.39, 0.29) is 0 Å². The molecule has 1 aliphatic rings. The van der Waals surface area contributed by atoms with Crippen LogP contribution in [0.15, 0.2) is 0 Å². The molecule has 0 spiro atoms.